The molecular weight excluding hydrogens is 392 g/mol. The molecule has 0 bridgehead atoms. The Balaban J connectivity index is 1.42. The summed E-state index contributed by atoms with van der Waals surface area (Å²) in [6.45, 7) is 0. The normalized spacial score (nSPS) is 22.0. The summed E-state index contributed by atoms with van der Waals surface area (Å²) in [6, 6.07) is 14.2. The van der Waals surface area contributed by atoms with Crippen molar-refractivity contribution in [2.45, 2.75) is 56.5 Å². The van der Waals surface area contributed by atoms with Crippen LogP contribution >= 0.6 is 0 Å². The minimum Gasteiger partial charge on any atom is -0.493 e. The zero-order chi connectivity index (χ0) is 21.8. The van der Waals surface area contributed by atoms with Gasteiger partial charge in [-0.2, -0.15) is 0 Å². The molecule has 2 amide bonds. The van der Waals surface area contributed by atoms with Crippen molar-refractivity contribution < 1.29 is 19.1 Å². The Morgan fingerprint density at radius 3 is 2.68 bits per heavy atom. The van der Waals surface area contributed by atoms with E-state index in [1.807, 2.05) is 30.3 Å². The first kappa shape index (κ1) is 21.2. The van der Waals surface area contributed by atoms with Crippen LogP contribution in [0.15, 0.2) is 42.5 Å². The molecule has 4 rings (SSSR count). The summed E-state index contributed by atoms with van der Waals surface area (Å²) < 4.78 is 10.7. The van der Waals surface area contributed by atoms with Crippen LogP contribution in [0.2, 0.25) is 0 Å². The number of aryl methyl sites for hydroxylation is 1. The van der Waals surface area contributed by atoms with E-state index in [9.17, 15) is 9.59 Å². The maximum absolute atomic E-state index is 12.8. The summed E-state index contributed by atoms with van der Waals surface area (Å²) in [5.41, 5.74) is 3.18. The molecule has 1 heterocycles. The van der Waals surface area contributed by atoms with Gasteiger partial charge in [0.05, 0.1) is 20.3 Å². The minimum atomic E-state index is -0.415. The summed E-state index contributed by atoms with van der Waals surface area (Å²) in [6.07, 6.45) is 4.79. The number of fused-ring (bicyclic) bond motifs is 1. The first-order valence-electron chi connectivity index (χ1n) is 10.9. The predicted octanol–water partition coefficient (Wildman–Crippen LogP) is 3.48. The lowest BCUT2D eigenvalue weighted by molar-refractivity contribution is -0.123. The standard InChI is InChI=1S/C25H30N2O4/c1-30-21-10-7-17(15-22(21)31-2)16-25(14-12-24(29)27-25)13-11-23(28)26-20-9-8-18-5-3-4-6-19(18)20/h3-7,10,15,20H,8-9,11-14,16H2,1-2H3,(H,26,28)(H,27,29)/t20-,25+/m0/s1. The molecule has 6 nitrogen and oxygen atoms in total. The van der Waals surface area contributed by atoms with Crippen LogP contribution in [-0.2, 0) is 22.4 Å². The number of benzene rings is 2. The van der Waals surface area contributed by atoms with E-state index >= 15 is 0 Å². The van der Waals surface area contributed by atoms with Gasteiger partial charge in [-0.3, -0.25) is 9.59 Å². The zero-order valence-electron chi connectivity index (χ0n) is 18.2. The quantitative estimate of drug-likeness (QED) is 0.683. The van der Waals surface area contributed by atoms with Crippen LogP contribution in [0.3, 0.4) is 0 Å². The maximum Gasteiger partial charge on any atom is 0.220 e. The highest BCUT2D eigenvalue weighted by atomic mass is 16.5. The number of methoxy groups -OCH3 is 2. The summed E-state index contributed by atoms with van der Waals surface area (Å²) in [5, 5.41) is 6.35. The number of carbonyl (C=O) groups is 2. The first-order valence-corrected chi connectivity index (χ1v) is 10.9. The minimum absolute atomic E-state index is 0.0366. The molecule has 1 saturated heterocycles. The van der Waals surface area contributed by atoms with E-state index in [4.69, 9.17) is 9.47 Å². The van der Waals surface area contributed by atoms with Crippen molar-refractivity contribution in [2.75, 3.05) is 14.2 Å². The fourth-order valence-electron chi connectivity index (χ4n) is 4.89. The fraction of sp³-hybridized carbons (Fsp3) is 0.440. The molecule has 0 spiro atoms. The second-order valence-electron chi connectivity index (χ2n) is 8.55. The highest BCUT2D eigenvalue weighted by Crippen LogP contribution is 2.34. The molecule has 2 N–H and O–H groups in total. The van der Waals surface area contributed by atoms with E-state index < -0.39 is 5.54 Å². The number of ether oxygens (including phenoxy) is 2. The molecular formula is C25H30N2O4. The maximum atomic E-state index is 12.8. The molecule has 2 aliphatic rings. The van der Waals surface area contributed by atoms with Gasteiger partial charge >= 0.3 is 0 Å². The number of carbonyl (C=O) groups excluding carboxylic acids is 2. The van der Waals surface area contributed by atoms with Gasteiger partial charge in [-0.25, -0.2) is 0 Å². The molecule has 164 valence electrons. The Kier molecular flexibility index (Phi) is 6.16. The second kappa shape index (κ2) is 9.00. The van der Waals surface area contributed by atoms with Gasteiger partial charge in [0.1, 0.15) is 0 Å². The molecule has 2 atom stereocenters. The first-order chi connectivity index (χ1) is 15.0. The molecule has 0 unspecified atom stereocenters. The summed E-state index contributed by atoms with van der Waals surface area (Å²) in [7, 11) is 3.22. The SMILES string of the molecule is COc1ccc(C[C@@]2(CCC(=O)N[C@H]3CCc4ccccc43)CCC(=O)N2)cc1OC. The van der Waals surface area contributed by atoms with Crippen LogP contribution in [0.4, 0.5) is 0 Å². The van der Waals surface area contributed by atoms with Crippen molar-refractivity contribution in [3.63, 3.8) is 0 Å². The molecule has 2 aromatic rings. The lowest BCUT2D eigenvalue weighted by Gasteiger charge is -2.30. The Labute approximate surface area is 183 Å². The van der Waals surface area contributed by atoms with Crippen molar-refractivity contribution >= 4 is 11.8 Å². The van der Waals surface area contributed by atoms with Gasteiger partial charge < -0.3 is 20.1 Å². The van der Waals surface area contributed by atoms with Gasteiger partial charge in [-0.15, -0.1) is 0 Å². The van der Waals surface area contributed by atoms with Crippen molar-refractivity contribution in [2.24, 2.45) is 0 Å². The number of hydrogen-bond acceptors (Lipinski definition) is 4. The third-order valence-electron chi connectivity index (χ3n) is 6.52. The molecule has 31 heavy (non-hydrogen) atoms. The molecule has 1 aliphatic heterocycles. The number of amides is 2. The van der Waals surface area contributed by atoms with Crippen molar-refractivity contribution in [1.29, 1.82) is 0 Å². The average molecular weight is 423 g/mol. The van der Waals surface area contributed by atoms with Crippen molar-refractivity contribution in [1.82, 2.24) is 10.6 Å². The Morgan fingerprint density at radius 2 is 1.94 bits per heavy atom. The fourth-order valence-corrected chi connectivity index (χ4v) is 4.89. The van der Waals surface area contributed by atoms with Crippen LogP contribution < -0.4 is 20.1 Å². The highest BCUT2D eigenvalue weighted by Gasteiger charge is 2.38. The van der Waals surface area contributed by atoms with Crippen molar-refractivity contribution in [3.8, 4) is 11.5 Å². The van der Waals surface area contributed by atoms with E-state index in [-0.39, 0.29) is 17.9 Å². The monoisotopic (exact) mass is 422 g/mol. The van der Waals surface area contributed by atoms with E-state index in [1.54, 1.807) is 14.2 Å². The smallest absolute Gasteiger partial charge is 0.220 e. The van der Waals surface area contributed by atoms with Gasteiger partial charge in [0.15, 0.2) is 11.5 Å². The predicted molar refractivity (Wildman–Crippen MR) is 118 cm³/mol. The largest absolute Gasteiger partial charge is 0.493 e. The third-order valence-corrected chi connectivity index (χ3v) is 6.52. The Hall–Kier alpha value is -3.02. The molecule has 1 aliphatic carbocycles. The number of rotatable bonds is 8. The van der Waals surface area contributed by atoms with Crippen molar-refractivity contribution in [3.05, 3.63) is 59.2 Å². The molecule has 1 fully saturated rings. The van der Waals surface area contributed by atoms with Gasteiger partial charge in [0.25, 0.3) is 0 Å². The van der Waals surface area contributed by atoms with Gasteiger partial charge in [0, 0.05) is 18.4 Å². The van der Waals surface area contributed by atoms with E-state index in [0.29, 0.717) is 37.2 Å². The van der Waals surface area contributed by atoms with E-state index in [2.05, 4.69) is 22.8 Å². The van der Waals surface area contributed by atoms with Gasteiger partial charge in [-0.05, 0) is 60.9 Å². The Morgan fingerprint density at radius 1 is 1.13 bits per heavy atom. The summed E-state index contributed by atoms with van der Waals surface area (Å²) in [4.78, 5) is 24.8. The van der Waals surface area contributed by atoms with Crippen LogP contribution in [0.5, 0.6) is 11.5 Å². The average Bonchev–Trinajstić information content (AvgIpc) is 3.36. The topological polar surface area (TPSA) is 76.7 Å². The molecule has 6 heteroatoms. The second-order valence-corrected chi connectivity index (χ2v) is 8.55. The van der Waals surface area contributed by atoms with E-state index in [0.717, 1.165) is 24.8 Å². The molecule has 2 aromatic carbocycles. The molecule has 0 radical (unpaired) electrons. The zero-order valence-corrected chi connectivity index (χ0v) is 18.2. The Bertz CT molecular complexity index is 974. The lowest BCUT2D eigenvalue weighted by Crippen LogP contribution is -2.44. The summed E-state index contributed by atoms with van der Waals surface area (Å²) in [5.74, 6) is 1.42. The van der Waals surface area contributed by atoms with Gasteiger partial charge in [-0.1, -0.05) is 30.3 Å². The summed E-state index contributed by atoms with van der Waals surface area (Å²) >= 11 is 0. The highest BCUT2D eigenvalue weighted by molar-refractivity contribution is 5.80. The lowest BCUT2D eigenvalue weighted by atomic mass is 9.84. The van der Waals surface area contributed by atoms with Crippen LogP contribution in [0, 0.1) is 0 Å². The van der Waals surface area contributed by atoms with E-state index in [1.165, 1.54) is 11.1 Å². The number of nitrogens with one attached hydrogen (secondary N) is 2. The molecule has 0 aromatic heterocycles. The third kappa shape index (κ3) is 4.68. The van der Waals surface area contributed by atoms with Crippen LogP contribution in [0.1, 0.15) is 54.8 Å². The van der Waals surface area contributed by atoms with Crippen LogP contribution in [-0.4, -0.2) is 31.6 Å². The number of hydrogen-bond donors (Lipinski definition) is 2. The van der Waals surface area contributed by atoms with Crippen LogP contribution in [0.25, 0.3) is 0 Å². The van der Waals surface area contributed by atoms with Gasteiger partial charge in [0.2, 0.25) is 11.8 Å². The molecule has 0 saturated carbocycles.